The Kier molecular flexibility index (Phi) is 3.69. The highest BCUT2D eigenvalue weighted by Crippen LogP contribution is 2.37. The van der Waals surface area contributed by atoms with Gasteiger partial charge in [0.2, 0.25) is 0 Å². The van der Waals surface area contributed by atoms with Crippen LogP contribution < -0.4 is 5.32 Å². The molecule has 2 heterocycles. The first-order valence-electron chi connectivity index (χ1n) is 7.44. The number of fused-ring (bicyclic) bond motifs is 1. The molecule has 98 valence electrons. The van der Waals surface area contributed by atoms with E-state index >= 15 is 0 Å². The maximum atomic E-state index is 5.75. The average Bonchev–Trinajstić information content (AvgIpc) is 2.94. The fourth-order valence-corrected chi connectivity index (χ4v) is 3.97. The van der Waals surface area contributed by atoms with E-state index < -0.39 is 0 Å². The molecule has 1 N–H and O–H groups in total. The van der Waals surface area contributed by atoms with Gasteiger partial charge in [0.15, 0.2) is 0 Å². The molecule has 17 heavy (non-hydrogen) atoms. The Morgan fingerprint density at radius 3 is 3.18 bits per heavy atom. The highest BCUT2D eigenvalue weighted by Gasteiger charge is 2.39. The zero-order valence-electron chi connectivity index (χ0n) is 11.0. The van der Waals surface area contributed by atoms with Crippen molar-refractivity contribution >= 4 is 0 Å². The topological polar surface area (TPSA) is 24.5 Å². The van der Waals surface area contributed by atoms with Crippen molar-refractivity contribution in [1.82, 2.24) is 10.2 Å². The molecule has 0 radical (unpaired) electrons. The number of nitrogens with zero attached hydrogens (tertiary/aromatic N) is 1. The third kappa shape index (κ3) is 2.51. The summed E-state index contributed by atoms with van der Waals surface area (Å²) in [5, 5.41) is 3.76. The molecule has 3 heteroatoms. The van der Waals surface area contributed by atoms with Crippen LogP contribution >= 0.6 is 0 Å². The number of rotatable bonds is 3. The molecule has 0 aromatic carbocycles. The second kappa shape index (κ2) is 5.25. The van der Waals surface area contributed by atoms with Gasteiger partial charge in [0.1, 0.15) is 0 Å². The monoisotopic (exact) mass is 238 g/mol. The first-order valence-corrected chi connectivity index (χ1v) is 7.44. The van der Waals surface area contributed by atoms with E-state index in [2.05, 4.69) is 17.1 Å². The van der Waals surface area contributed by atoms with Gasteiger partial charge in [-0.25, -0.2) is 0 Å². The molecule has 4 atom stereocenters. The van der Waals surface area contributed by atoms with E-state index in [1.807, 2.05) is 0 Å². The summed E-state index contributed by atoms with van der Waals surface area (Å²) in [6, 6.07) is 0.762. The van der Waals surface area contributed by atoms with Crippen LogP contribution in [0, 0.1) is 11.8 Å². The summed E-state index contributed by atoms with van der Waals surface area (Å²) in [7, 11) is 0. The predicted molar refractivity (Wildman–Crippen MR) is 69.1 cm³/mol. The van der Waals surface area contributed by atoms with E-state index in [1.165, 1.54) is 32.4 Å². The molecule has 2 aliphatic heterocycles. The van der Waals surface area contributed by atoms with Crippen molar-refractivity contribution in [2.75, 3.05) is 32.8 Å². The van der Waals surface area contributed by atoms with Gasteiger partial charge < -0.3 is 10.1 Å². The van der Waals surface area contributed by atoms with Crippen LogP contribution in [0.5, 0.6) is 0 Å². The Bertz CT molecular complexity index is 259. The smallest absolute Gasteiger partial charge is 0.0700 e. The van der Waals surface area contributed by atoms with E-state index in [9.17, 15) is 0 Å². The molecule has 0 amide bonds. The number of morpholine rings is 1. The molecule has 1 saturated carbocycles. The lowest BCUT2D eigenvalue weighted by Gasteiger charge is -2.35. The maximum absolute atomic E-state index is 5.75. The van der Waals surface area contributed by atoms with Crippen LogP contribution in [0.25, 0.3) is 0 Å². The Morgan fingerprint density at radius 2 is 2.29 bits per heavy atom. The Hall–Kier alpha value is -0.120. The van der Waals surface area contributed by atoms with Crippen molar-refractivity contribution in [3.05, 3.63) is 0 Å². The van der Waals surface area contributed by atoms with Gasteiger partial charge >= 0.3 is 0 Å². The summed E-state index contributed by atoms with van der Waals surface area (Å²) >= 11 is 0. The standard InChI is InChI=1S/C14H26N2O/c1-2-12-9-16(6-7-17-12)10-14-13-5-3-4-11(13)8-15-14/h11-15H,2-10H2,1H3. The minimum absolute atomic E-state index is 0.476. The molecule has 4 unspecified atom stereocenters. The summed E-state index contributed by atoms with van der Waals surface area (Å²) in [5.74, 6) is 1.96. The molecule has 3 nitrogen and oxygen atoms in total. The molecule has 1 aliphatic carbocycles. The second-order valence-corrected chi connectivity index (χ2v) is 6.03. The van der Waals surface area contributed by atoms with Gasteiger partial charge in [0.05, 0.1) is 12.7 Å². The summed E-state index contributed by atoms with van der Waals surface area (Å²) < 4.78 is 5.75. The number of hydrogen-bond donors (Lipinski definition) is 1. The Labute approximate surface area is 105 Å². The summed E-state index contributed by atoms with van der Waals surface area (Å²) in [6.07, 6.45) is 6.03. The predicted octanol–water partition coefficient (Wildman–Crippen LogP) is 1.49. The lowest BCUT2D eigenvalue weighted by Crippen LogP contribution is -2.48. The number of ether oxygens (including phenoxy) is 1. The van der Waals surface area contributed by atoms with Crippen LogP contribution in [0.2, 0.25) is 0 Å². The van der Waals surface area contributed by atoms with Gasteiger partial charge in [-0.3, -0.25) is 4.90 Å². The van der Waals surface area contributed by atoms with E-state index in [1.54, 1.807) is 0 Å². The molecule has 3 aliphatic rings. The van der Waals surface area contributed by atoms with Crippen molar-refractivity contribution < 1.29 is 4.74 Å². The zero-order chi connectivity index (χ0) is 11.7. The maximum Gasteiger partial charge on any atom is 0.0700 e. The fourth-order valence-electron chi connectivity index (χ4n) is 3.97. The van der Waals surface area contributed by atoms with Crippen molar-refractivity contribution in [3.8, 4) is 0 Å². The fraction of sp³-hybridized carbons (Fsp3) is 1.00. The van der Waals surface area contributed by atoms with Gasteiger partial charge in [-0.1, -0.05) is 13.3 Å². The molecule has 0 bridgehead atoms. The van der Waals surface area contributed by atoms with Crippen LogP contribution in [-0.4, -0.2) is 49.8 Å². The second-order valence-electron chi connectivity index (χ2n) is 6.03. The largest absolute Gasteiger partial charge is 0.376 e. The van der Waals surface area contributed by atoms with Crippen molar-refractivity contribution in [2.24, 2.45) is 11.8 Å². The molecular formula is C14H26N2O. The molecule has 3 fully saturated rings. The van der Waals surface area contributed by atoms with E-state index in [4.69, 9.17) is 4.74 Å². The molecule has 3 rings (SSSR count). The summed E-state index contributed by atoms with van der Waals surface area (Å²) in [6.45, 7) is 7.96. The third-order valence-electron chi connectivity index (χ3n) is 5.01. The van der Waals surface area contributed by atoms with Gasteiger partial charge in [-0.2, -0.15) is 0 Å². The Balaban J connectivity index is 1.52. The van der Waals surface area contributed by atoms with E-state index in [0.717, 1.165) is 44.0 Å². The van der Waals surface area contributed by atoms with Crippen LogP contribution in [0.3, 0.4) is 0 Å². The van der Waals surface area contributed by atoms with Crippen molar-refractivity contribution in [3.63, 3.8) is 0 Å². The van der Waals surface area contributed by atoms with Gasteiger partial charge in [0.25, 0.3) is 0 Å². The number of hydrogen-bond acceptors (Lipinski definition) is 3. The SMILES string of the molecule is CCC1CN(CC2NCC3CCCC32)CCO1. The van der Waals surface area contributed by atoms with Gasteiger partial charge in [0, 0.05) is 25.7 Å². The van der Waals surface area contributed by atoms with Crippen LogP contribution in [0.4, 0.5) is 0 Å². The molecule has 0 aromatic heterocycles. The highest BCUT2D eigenvalue weighted by molar-refractivity contribution is 4.95. The minimum atomic E-state index is 0.476. The van der Waals surface area contributed by atoms with E-state index in [0.29, 0.717) is 6.10 Å². The lowest BCUT2D eigenvalue weighted by atomic mass is 9.93. The first-order chi connectivity index (χ1) is 8.36. The summed E-state index contributed by atoms with van der Waals surface area (Å²) in [5.41, 5.74) is 0. The number of nitrogens with one attached hydrogen (secondary N) is 1. The quantitative estimate of drug-likeness (QED) is 0.806. The molecule has 2 saturated heterocycles. The average molecular weight is 238 g/mol. The normalized spacial score (nSPS) is 42.9. The summed E-state index contributed by atoms with van der Waals surface area (Å²) in [4.78, 5) is 2.62. The first kappa shape index (κ1) is 11.9. The lowest BCUT2D eigenvalue weighted by molar-refractivity contribution is -0.0329. The minimum Gasteiger partial charge on any atom is -0.376 e. The Morgan fingerprint density at radius 1 is 1.35 bits per heavy atom. The van der Waals surface area contributed by atoms with E-state index in [-0.39, 0.29) is 0 Å². The molecule has 0 aromatic rings. The van der Waals surface area contributed by atoms with Crippen LogP contribution in [0.1, 0.15) is 32.6 Å². The van der Waals surface area contributed by atoms with Crippen LogP contribution in [0.15, 0.2) is 0 Å². The van der Waals surface area contributed by atoms with Crippen molar-refractivity contribution in [2.45, 2.75) is 44.8 Å². The van der Waals surface area contributed by atoms with Crippen LogP contribution in [-0.2, 0) is 4.74 Å². The molecular weight excluding hydrogens is 212 g/mol. The molecule has 0 spiro atoms. The highest BCUT2D eigenvalue weighted by atomic mass is 16.5. The zero-order valence-corrected chi connectivity index (χ0v) is 11.0. The van der Waals surface area contributed by atoms with Gasteiger partial charge in [-0.05, 0) is 37.6 Å². The van der Waals surface area contributed by atoms with Crippen molar-refractivity contribution in [1.29, 1.82) is 0 Å². The third-order valence-corrected chi connectivity index (χ3v) is 5.01. The van der Waals surface area contributed by atoms with Gasteiger partial charge in [-0.15, -0.1) is 0 Å².